The van der Waals surface area contributed by atoms with Gasteiger partial charge in [-0.15, -0.1) is 0 Å². The van der Waals surface area contributed by atoms with E-state index >= 15 is 0 Å². The first-order valence-corrected chi connectivity index (χ1v) is 10.4. The van der Waals surface area contributed by atoms with Gasteiger partial charge >= 0.3 is 6.09 Å². The number of rotatable bonds is 4. The summed E-state index contributed by atoms with van der Waals surface area (Å²) in [6.07, 6.45) is 1.48. The minimum atomic E-state index is -0.264. The maximum absolute atomic E-state index is 12.7. The molecule has 1 aromatic carbocycles. The second-order valence-electron chi connectivity index (χ2n) is 7.64. The summed E-state index contributed by atoms with van der Waals surface area (Å²) in [6, 6.07) is 7.81. The summed E-state index contributed by atoms with van der Waals surface area (Å²) >= 11 is 0. The van der Waals surface area contributed by atoms with Gasteiger partial charge in [0.25, 0.3) is 0 Å². The van der Waals surface area contributed by atoms with Crippen LogP contribution in [0.15, 0.2) is 28.7 Å². The van der Waals surface area contributed by atoms with Crippen molar-refractivity contribution in [3.05, 3.63) is 30.2 Å². The van der Waals surface area contributed by atoms with E-state index < -0.39 is 0 Å². The van der Waals surface area contributed by atoms with Gasteiger partial charge in [-0.3, -0.25) is 9.69 Å². The molecule has 8 heteroatoms. The Morgan fingerprint density at radius 1 is 1.07 bits per heavy atom. The van der Waals surface area contributed by atoms with Gasteiger partial charge in [0.05, 0.1) is 13.2 Å². The predicted octanol–water partition coefficient (Wildman–Crippen LogP) is 2.31. The fraction of sp³-hybridized carbons (Fsp3) is 0.571. The molecule has 0 atom stereocenters. The van der Waals surface area contributed by atoms with Crippen LogP contribution in [-0.4, -0.2) is 84.1 Å². The van der Waals surface area contributed by atoms with Gasteiger partial charge in [-0.25, -0.2) is 9.78 Å². The summed E-state index contributed by atoms with van der Waals surface area (Å²) in [5.74, 6) is 1.21. The number of fused-ring (bicyclic) bond motifs is 1. The van der Waals surface area contributed by atoms with E-state index in [9.17, 15) is 9.59 Å². The van der Waals surface area contributed by atoms with E-state index in [4.69, 9.17) is 9.15 Å². The monoisotopic (exact) mass is 400 g/mol. The Hall–Kier alpha value is -2.61. The van der Waals surface area contributed by atoms with Crippen molar-refractivity contribution in [2.75, 3.05) is 52.4 Å². The molecule has 2 aliphatic rings. The number of piperidine rings is 1. The van der Waals surface area contributed by atoms with Gasteiger partial charge in [0, 0.05) is 45.2 Å². The lowest BCUT2D eigenvalue weighted by Crippen LogP contribution is -2.52. The van der Waals surface area contributed by atoms with Crippen LogP contribution in [0.4, 0.5) is 4.79 Å². The Morgan fingerprint density at radius 2 is 1.79 bits per heavy atom. The zero-order valence-corrected chi connectivity index (χ0v) is 16.9. The van der Waals surface area contributed by atoms with Crippen molar-refractivity contribution in [2.45, 2.75) is 25.7 Å². The molecular weight excluding hydrogens is 372 g/mol. The smallest absolute Gasteiger partial charge is 0.409 e. The fourth-order valence-electron chi connectivity index (χ4n) is 4.04. The van der Waals surface area contributed by atoms with Gasteiger partial charge in [0.15, 0.2) is 11.5 Å². The number of hydrogen-bond donors (Lipinski definition) is 0. The third-order valence-electron chi connectivity index (χ3n) is 5.76. The standard InChI is InChI=1S/C21H28N4O4/c1-2-28-21(27)25-13-11-23(12-14-25)15-19(26)24-9-7-16(8-10-24)20-22-17-5-3-4-6-18(17)29-20/h3-6,16H,2,7-15H2,1H3. The highest BCUT2D eigenvalue weighted by Crippen LogP contribution is 2.30. The molecule has 2 aliphatic heterocycles. The van der Waals surface area contributed by atoms with E-state index in [1.807, 2.05) is 29.2 Å². The van der Waals surface area contributed by atoms with Crippen LogP contribution in [0.25, 0.3) is 11.1 Å². The first-order chi connectivity index (χ1) is 14.1. The van der Waals surface area contributed by atoms with E-state index in [2.05, 4.69) is 9.88 Å². The molecule has 1 aromatic heterocycles. The SMILES string of the molecule is CCOC(=O)N1CCN(CC(=O)N2CCC(c3nc4ccccc4o3)CC2)CC1. The second-order valence-corrected chi connectivity index (χ2v) is 7.64. The van der Waals surface area contributed by atoms with Crippen LogP contribution in [0.2, 0.25) is 0 Å². The number of amides is 2. The van der Waals surface area contributed by atoms with Gasteiger partial charge in [-0.05, 0) is 31.9 Å². The van der Waals surface area contributed by atoms with Crippen molar-refractivity contribution in [3.63, 3.8) is 0 Å². The maximum Gasteiger partial charge on any atom is 0.409 e. The molecule has 3 heterocycles. The molecule has 0 spiro atoms. The average Bonchev–Trinajstić information content (AvgIpc) is 3.19. The molecule has 0 radical (unpaired) electrons. The lowest BCUT2D eigenvalue weighted by Gasteiger charge is -2.36. The van der Waals surface area contributed by atoms with Crippen LogP contribution < -0.4 is 0 Å². The Kier molecular flexibility index (Phi) is 5.99. The number of likely N-dealkylation sites (tertiary alicyclic amines) is 1. The number of benzene rings is 1. The fourth-order valence-corrected chi connectivity index (χ4v) is 4.04. The van der Waals surface area contributed by atoms with Crippen molar-refractivity contribution in [2.24, 2.45) is 0 Å². The molecule has 0 saturated carbocycles. The Labute approximate surface area is 170 Å². The summed E-state index contributed by atoms with van der Waals surface area (Å²) in [5.41, 5.74) is 1.71. The molecule has 2 fully saturated rings. The topological polar surface area (TPSA) is 79.1 Å². The molecule has 156 valence electrons. The summed E-state index contributed by atoms with van der Waals surface area (Å²) in [7, 11) is 0. The Morgan fingerprint density at radius 3 is 2.48 bits per heavy atom. The van der Waals surface area contributed by atoms with Crippen LogP contribution in [0.5, 0.6) is 0 Å². The van der Waals surface area contributed by atoms with Crippen molar-refractivity contribution in [1.29, 1.82) is 0 Å². The summed E-state index contributed by atoms with van der Waals surface area (Å²) in [4.78, 5) is 34.9. The van der Waals surface area contributed by atoms with Crippen molar-refractivity contribution >= 4 is 23.1 Å². The van der Waals surface area contributed by atoms with Crippen molar-refractivity contribution in [1.82, 2.24) is 19.7 Å². The van der Waals surface area contributed by atoms with Gasteiger partial charge in [-0.1, -0.05) is 12.1 Å². The van der Waals surface area contributed by atoms with Crippen LogP contribution >= 0.6 is 0 Å². The van der Waals surface area contributed by atoms with E-state index in [1.54, 1.807) is 11.8 Å². The number of piperazine rings is 1. The summed E-state index contributed by atoms with van der Waals surface area (Å²) in [6.45, 7) is 6.66. The lowest BCUT2D eigenvalue weighted by molar-refractivity contribution is -0.133. The number of ether oxygens (including phenoxy) is 1. The second kappa shape index (κ2) is 8.82. The molecular formula is C21H28N4O4. The normalized spacial score (nSPS) is 18.9. The largest absolute Gasteiger partial charge is 0.450 e. The molecule has 0 bridgehead atoms. The molecule has 2 saturated heterocycles. The van der Waals surface area contributed by atoms with E-state index in [-0.39, 0.29) is 17.9 Å². The first kappa shape index (κ1) is 19.7. The molecule has 29 heavy (non-hydrogen) atoms. The number of carbonyl (C=O) groups excluding carboxylic acids is 2. The molecule has 0 aliphatic carbocycles. The number of carbonyl (C=O) groups is 2. The minimum Gasteiger partial charge on any atom is -0.450 e. The van der Waals surface area contributed by atoms with E-state index in [0.29, 0.717) is 39.3 Å². The number of nitrogens with zero attached hydrogens (tertiary/aromatic N) is 4. The highest BCUT2D eigenvalue weighted by Gasteiger charge is 2.29. The van der Waals surface area contributed by atoms with Crippen LogP contribution in [-0.2, 0) is 9.53 Å². The molecule has 2 amide bonds. The van der Waals surface area contributed by atoms with Crippen LogP contribution in [0.3, 0.4) is 0 Å². The van der Waals surface area contributed by atoms with Crippen LogP contribution in [0.1, 0.15) is 31.6 Å². The van der Waals surface area contributed by atoms with E-state index in [0.717, 1.165) is 42.9 Å². The molecule has 0 N–H and O–H groups in total. The minimum absolute atomic E-state index is 0.158. The molecule has 2 aromatic rings. The van der Waals surface area contributed by atoms with Gasteiger partial charge in [0.1, 0.15) is 5.52 Å². The predicted molar refractivity (Wildman–Crippen MR) is 108 cm³/mol. The van der Waals surface area contributed by atoms with Crippen molar-refractivity contribution in [3.8, 4) is 0 Å². The Bertz CT molecular complexity index is 818. The average molecular weight is 400 g/mol. The zero-order chi connectivity index (χ0) is 20.2. The quantitative estimate of drug-likeness (QED) is 0.784. The number of aromatic nitrogens is 1. The lowest BCUT2D eigenvalue weighted by atomic mass is 9.96. The third-order valence-corrected chi connectivity index (χ3v) is 5.76. The van der Waals surface area contributed by atoms with Crippen molar-refractivity contribution < 1.29 is 18.7 Å². The summed E-state index contributed by atoms with van der Waals surface area (Å²) < 4.78 is 10.9. The van der Waals surface area contributed by atoms with Gasteiger partial charge in [-0.2, -0.15) is 0 Å². The van der Waals surface area contributed by atoms with Crippen LogP contribution in [0, 0.1) is 0 Å². The zero-order valence-electron chi connectivity index (χ0n) is 16.9. The number of oxazole rings is 1. The molecule has 0 unspecified atom stereocenters. The van der Waals surface area contributed by atoms with Gasteiger partial charge < -0.3 is 19.0 Å². The highest BCUT2D eigenvalue weighted by molar-refractivity contribution is 5.78. The summed E-state index contributed by atoms with van der Waals surface area (Å²) in [5, 5.41) is 0. The molecule has 8 nitrogen and oxygen atoms in total. The maximum atomic E-state index is 12.7. The number of hydrogen-bond acceptors (Lipinski definition) is 6. The number of para-hydroxylation sites is 2. The van der Waals surface area contributed by atoms with Gasteiger partial charge in [0.2, 0.25) is 5.91 Å². The highest BCUT2D eigenvalue weighted by atomic mass is 16.6. The Balaban J connectivity index is 1.24. The molecule has 4 rings (SSSR count). The van der Waals surface area contributed by atoms with E-state index in [1.165, 1.54) is 0 Å². The third kappa shape index (κ3) is 4.53. The first-order valence-electron chi connectivity index (χ1n) is 10.4.